The minimum atomic E-state index is -3.97. The molecule has 3 N–H and O–H groups in total. The average Bonchev–Trinajstić information content (AvgIpc) is 2.97. The largest absolute Gasteiger partial charge is 0.497 e. The Balaban J connectivity index is 2.39. The van der Waals surface area contributed by atoms with Crippen LogP contribution in [0, 0.1) is 11.8 Å². The Morgan fingerprint density at radius 3 is 2.14 bits per heavy atom. The van der Waals surface area contributed by atoms with Crippen LogP contribution < -0.4 is 15.4 Å². The summed E-state index contributed by atoms with van der Waals surface area (Å²) in [6.45, 7) is 7.95. The predicted octanol–water partition coefficient (Wildman–Crippen LogP) is 2.91. The number of carbonyl (C=O) groups excluding carboxylic acids is 2. The molecule has 0 bridgehead atoms. The number of benzene rings is 2. The van der Waals surface area contributed by atoms with Crippen LogP contribution in [0.5, 0.6) is 5.75 Å². The van der Waals surface area contributed by atoms with Gasteiger partial charge in [0.2, 0.25) is 21.8 Å². The number of nitrogens with zero attached hydrogens (tertiary/aromatic N) is 2. The summed E-state index contributed by atoms with van der Waals surface area (Å²) < 4.78 is 34.0. The van der Waals surface area contributed by atoms with E-state index in [1.807, 2.05) is 58.0 Å². The molecule has 0 spiro atoms. The van der Waals surface area contributed by atoms with Crippen LogP contribution >= 0.6 is 0 Å². The SMILES string of the molecule is CCC(C)[C@H](NC(=O)CN(C)C)C(=O)N[C@@H](Cc1ccccc1)[C@H](O)CN(CCC(C)C)S(=O)(=O)c1ccc(OC)cc1. The average molecular weight is 619 g/mol. The molecule has 0 aliphatic rings. The van der Waals surface area contributed by atoms with Crippen molar-refractivity contribution in [3.05, 3.63) is 60.2 Å². The first-order valence-corrected chi connectivity index (χ1v) is 16.3. The van der Waals surface area contributed by atoms with E-state index in [2.05, 4.69) is 10.6 Å². The van der Waals surface area contributed by atoms with Crippen LogP contribution in [0.4, 0.5) is 0 Å². The molecule has 0 saturated heterocycles. The Kier molecular flexibility index (Phi) is 14.6. The molecule has 0 aliphatic heterocycles. The van der Waals surface area contributed by atoms with Gasteiger partial charge in [0.05, 0.1) is 30.7 Å². The minimum absolute atomic E-state index is 0.0911. The van der Waals surface area contributed by atoms with Gasteiger partial charge in [-0.2, -0.15) is 4.31 Å². The van der Waals surface area contributed by atoms with Gasteiger partial charge in [-0.1, -0.05) is 64.4 Å². The Hall–Kier alpha value is -2.99. The van der Waals surface area contributed by atoms with E-state index in [9.17, 15) is 23.1 Å². The van der Waals surface area contributed by atoms with E-state index >= 15 is 0 Å². The van der Waals surface area contributed by atoms with Gasteiger partial charge >= 0.3 is 0 Å². The van der Waals surface area contributed by atoms with E-state index in [4.69, 9.17) is 4.74 Å². The number of hydrogen-bond acceptors (Lipinski definition) is 7. The summed E-state index contributed by atoms with van der Waals surface area (Å²) in [7, 11) is 1.09. The molecule has 0 heterocycles. The van der Waals surface area contributed by atoms with E-state index < -0.39 is 34.1 Å². The van der Waals surface area contributed by atoms with Crippen molar-refractivity contribution in [3.8, 4) is 5.75 Å². The smallest absolute Gasteiger partial charge is 0.243 e. The molecule has 2 amide bonds. The van der Waals surface area contributed by atoms with Gasteiger partial charge in [0.15, 0.2) is 0 Å². The Morgan fingerprint density at radius 2 is 1.60 bits per heavy atom. The number of ether oxygens (including phenoxy) is 1. The topological polar surface area (TPSA) is 128 Å². The molecule has 0 aromatic heterocycles. The second-order valence-electron chi connectivity index (χ2n) is 11.8. The highest BCUT2D eigenvalue weighted by Crippen LogP contribution is 2.22. The highest BCUT2D eigenvalue weighted by atomic mass is 32.2. The molecule has 2 aromatic rings. The molecule has 2 rings (SSSR count). The fourth-order valence-corrected chi connectivity index (χ4v) is 6.05. The molecule has 0 aliphatic carbocycles. The zero-order chi connectivity index (χ0) is 32.2. The second kappa shape index (κ2) is 17.3. The van der Waals surface area contributed by atoms with Crippen LogP contribution in [0.15, 0.2) is 59.5 Å². The van der Waals surface area contributed by atoms with Crippen LogP contribution in [0.1, 0.15) is 46.1 Å². The van der Waals surface area contributed by atoms with Crippen molar-refractivity contribution in [2.45, 2.75) is 70.0 Å². The van der Waals surface area contributed by atoms with Crippen LogP contribution in [0.2, 0.25) is 0 Å². The summed E-state index contributed by atoms with van der Waals surface area (Å²) in [5.41, 5.74) is 0.871. The molecular weight excluding hydrogens is 568 g/mol. The standard InChI is InChI=1S/C32H50N4O6S/c1-8-24(4)31(34-30(38)22-35(5)6)32(39)33-28(20-25-12-10-9-11-13-25)29(37)21-36(19-18-23(2)3)43(40,41)27-16-14-26(42-7)15-17-27/h9-17,23-24,28-29,31,37H,8,18-22H2,1-7H3,(H,33,39)(H,34,38)/t24?,28-,29+,31-/m0/s1. The van der Waals surface area contributed by atoms with Crippen molar-refractivity contribution in [3.63, 3.8) is 0 Å². The van der Waals surface area contributed by atoms with Gasteiger partial charge in [-0.15, -0.1) is 0 Å². The fourth-order valence-electron chi connectivity index (χ4n) is 4.58. The number of carbonyl (C=O) groups is 2. The molecule has 1 unspecified atom stereocenters. The second-order valence-corrected chi connectivity index (χ2v) is 13.7. The third-order valence-electron chi connectivity index (χ3n) is 7.41. The number of methoxy groups -OCH3 is 1. The fraction of sp³-hybridized carbons (Fsp3) is 0.562. The summed E-state index contributed by atoms with van der Waals surface area (Å²) >= 11 is 0. The number of hydrogen-bond donors (Lipinski definition) is 3. The maximum absolute atomic E-state index is 13.8. The van der Waals surface area contributed by atoms with Gasteiger partial charge in [0.25, 0.3) is 0 Å². The highest BCUT2D eigenvalue weighted by molar-refractivity contribution is 7.89. The monoisotopic (exact) mass is 618 g/mol. The first-order valence-electron chi connectivity index (χ1n) is 14.9. The highest BCUT2D eigenvalue weighted by Gasteiger charge is 2.33. The number of amides is 2. The molecule has 10 nitrogen and oxygen atoms in total. The first-order chi connectivity index (χ1) is 20.3. The quantitative estimate of drug-likeness (QED) is 0.234. The predicted molar refractivity (Wildman–Crippen MR) is 169 cm³/mol. The lowest BCUT2D eigenvalue weighted by Crippen LogP contribution is -2.57. The lowest BCUT2D eigenvalue weighted by Gasteiger charge is -2.32. The van der Waals surface area contributed by atoms with Crippen molar-refractivity contribution in [1.29, 1.82) is 0 Å². The number of aliphatic hydroxyl groups is 1. The van der Waals surface area contributed by atoms with Crippen molar-refractivity contribution >= 4 is 21.8 Å². The molecule has 11 heteroatoms. The third kappa shape index (κ3) is 11.6. The van der Waals surface area contributed by atoms with E-state index in [1.165, 1.54) is 23.5 Å². The van der Waals surface area contributed by atoms with Gasteiger partial charge < -0.3 is 25.4 Å². The Bertz CT molecular complexity index is 1240. The van der Waals surface area contributed by atoms with Gasteiger partial charge in [0.1, 0.15) is 11.8 Å². The number of rotatable bonds is 18. The summed E-state index contributed by atoms with van der Waals surface area (Å²) in [5.74, 6) is -0.109. The summed E-state index contributed by atoms with van der Waals surface area (Å²) in [4.78, 5) is 28.1. The number of likely N-dealkylation sites (N-methyl/N-ethyl adjacent to an activating group) is 1. The van der Waals surface area contributed by atoms with Gasteiger partial charge in [0, 0.05) is 13.1 Å². The molecule has 2 aromatic carbocycles. The molecule has 4 atom stereocenters. The summed E-state index contributed by atoms with van der Waals surface area (Å²) in [5, 5.41) is 17.4. The van der Waals surface area contributed by atoms with Crippen molar-refractivity contribution in [2.75, 3.05) is 40.8 Å². The van der Waals surface area contributed by atoms with Crippen molar-refractivity contribution in [2.24, 2.45) is 11.8 Å². The van der Waals surface area contributed by atoms with Crippen molar-refractivity contribution in [1.82, 2.24) is 19.8 Å². The van der Waals surface area contributed by atoms with Crippen LogP contribution in [0.25, 0.3) is 0 Å². The molecule has 0 saturated carbocycles. The molecule has 240 valence electrons. The van der Waals surface area contributed by atoms with Crippen molar-refractivity contribution < 1.29 is 27.9 Å². The molecular formula is C32H50N4O6S. The first kappa shape index (κ1) is 36.2. The van der Waals surface area contributed by atoms with Crippen LogP contribution in [0.3, 0.4) is 0 Å². The molecule has 0 radical (unpaired) electrons. The van der Waals surface area contributed by atoms with E-state index in [0.717, 1.165) is 5.56 Å². The molecule has 43 heavy (non-hydrogen) atoms. The number of aliphatic hydroxyl groups excluding tert-OH is 1. The molecule has 0 fully saturated rings. The van der Waals surface area contributed by atoms with E-state index in [1.54, 1.807) is 31.1 Å². The minimum Gasteiger partial charge on any atom is -0.497 e. The summed E-state index contributed by atoms with van der Waals surface area (Å²) in [6, 6.07) is 13.9. The van der Waals surface area contributed by atoms with E-state index in [-0.39, 0.29) is 48.7 Å². The number of nitrogens with one attached hydrogen (secondary N) is 2. The number of sulfonamides is 1. The van der Waals surface area contributed by atoms with Gasteiger partial charge in [-0.3, -0.25) is 9.59 Å². The zero-order valence-electron chi connectivity index (χ0n) is 26.6. The van der Waals surface area contributed by atoms with Gasteiger partial charge in [-0.05, 0) is 68.6 Å². The maximum atomic E-state index is 13.8. The Labute approximate surface area is 257 Å². The summed E-state index contributed by atoms with van der Waals surface area (Å²) in [6.07, 6.45) is 0.272. The van der Waals surface area contributed by atoms with Gasteiger partial charge in [-0.25, -0.2) is 8.42 Å². The van der Waals surface area contributed by atoms with Crippen LogP contribution in [-0.4, -0.2) is 93.6 Å². The Morgan fingerprint density at radius 1 is 0.977 bits per heavy atom. The van der Waals surface area contributed by atoms with Crippen LogP contribution in [-0.2, 0) is 26.0 Å². The maximum Gasteiger partial charge on any atom is 0.243 e. The zero-order valence-corrected chi connectivity index (χ0v) is 27.4. The lowest BCUT2D eigenvalue weighted by atomic mass is 9.96. The normalized spacial score (nSPS) is 14.8. The van der Waals surface area contributed by atoms with E-state index in [0.29, 0.717) is 18.6 Å². The third-order valence-corrected chi connectivity index (χ3v) is 9.29. The lowest BCUT2D eigenvalue weighted by molar-refractivity contribution is -0.131.